The Bertz CT molecular complexity index is 227. The molecule has 1 rings (SSSR count). The highest BCUT2D eigenvalue weighted by atomic mass is 32.2. The number of hydrogen-bond acceptors (Lipinski definition) is 4. The highest BCUT2D eigenvalue weighted by molar-refractivity contribution is 8.15. The maximum atomic E-state index is 11.2. The van der Waals surface area contributed by atoms with Crippen molar-refractivity contribution in [1.82, 2.24) is 10.7 Å². The SMILES string of the molecule is CCC1S/C(=N/NC(C)C)NC1=O. The van der Waals surface area contributed by atoms with E-state index in [0.29, 0.717) is 11.2 Å². The standard InChI is InChI=1S/C8H15N3OS/c1-4-6-7(12)9-8(13-6)11-10-5(2)3/h5-6,10H,4H2,1-3H3,(H,9,11,12). The van der Waals surface area contributed by atoms with Crippen molar-refractivity contribution >= 4 is 22.8 Å². The van der Waals surface area contributed by atoms with Crippen LogP contribution < -0.4 is 10.7 Å². The average Bonchev–Trinajstić information content (AvgIpc) is 2.43. The second-order valence-electron chi connectivity index (χ2n) is 3.20. The van der Waals surface area contributed by atoms with E-state index in [4.69, 9.17) is 0 Å². The molecule has 74 valence electrons. The van der Waals surface area contributed by atoms with E-state index in [9.17, 15) is 4.79 Å². The third-order valence-electron chi connectivity index (χ3n) is 1.57. The summed E-state index contributed by atoms with van der Waals surface area (Å²) in [6.45, 7) is 6.00. The van der Waals surface area contributed by atoms with Crippen molar-refractivity contribution in [3.63, 3.8) is 0 Å². The Morgan fingerprint density at radius 3 is 2.85 bits per heavy atom. The van der Waals surface area contributed by atoms with Gasteiger partial charge in [0.25, 0.3) is 0 Å². The normalized spacial score (nSPS) is 25.4. The van der Waals surface area contributed by atoms with E-state index >= 15 is 0 Å². The Hall–Kier alpha value is -0.710. The summed E-state index contributed by atoms with van der Waals surface area (Å²) in [5, 5.41) is 7.51. The van der Waals surface area contributed by atoms with E-state index in [2.05, 4.69) is 15.8 Å². The molecule has 1 fully saturated rings. The van der Waals surface area contributed by atoms with Gasteiger partial charge in [-0.1, -0.05) is 18.7 Å². The lowest BCUT2D eigenvalue weighted by molar-refractivity contribution is -0.118. The molecule has 1 aliphatic heterocycles. The van der Waals surface area contributed by atoms with Crippen LogP contribution in [0.2, 0.25) is 0 Å². The molecule has 1 heterocycles. The summed E-state index contributed by atoms with van der Waals surface area (Å²) in [4.78, 5) is 11.2. The van der Waals surface area contributed by atoms with Crippen LogP contribution in [0.3, 0.4) is 0 Å². The van der Waals surface area contributed by atoms with Crippen molar-refractivity contribution in [3.05, 3.63) is 0 Å². The van der Waals surface area contributed by atoms with Gasteiger partial charge in [-0.05, 0) is 20.3 Å². The van der Waals surface area contributed by atoms with Crippen molar-refractivity contribution in [3.8, 4) is 0 Å². The molecule has 1 amide bonds. The Morgan fingerprint density at radius 1 is 1.69 bits per heavy atom. The zero-order valence-corrected chi connectivity index (χ0v) is 8.94. The second-order valence-corrected chi connectivity index (χ2v) is 4.40. The molecule has 0 aliphatic carbocycles. The fraction of sp³-hybridized carbons (Fsp3) is 0.750. The van der Waals surface area contributed by atoms with Crippen molar-refractivity contribution in [2.24, 2.45) is 5.10 Å². The first-order chi connectivity index (χ1) is 6.13. The quantitative estimate of drug-likeness (QED) is 0.667. The fourth-order valence-electron chi connectivity index (χ4n) is 0.914. The van der Waals surface area contributed by atoms with Crippen molar-refractivity contribution in [2.75, 3.05) is 0 Å². The molecule has 0 radical (unpaired) electrons. The second kappa shape index (κ2) is 4.50. The molecule has 2 N–H and O–H groups in total. The Kier molecular flexibility index (Phi) is 3.59. The van der Waals surface area contributed by atoms with Crippen LogP contribution in [-0.2, 0) is 4.79 Å². The van der Waals surface area contributed by atoms with Gasteiger partial charge < -0.3 is 10.7 Å². The number of thioether (sulfide) groups is 1. The van der Waals surface area contributed by atoms with E-state index in [0.717, 1.165) is 6.42 Å². The van der Waals surface area contributed by atoms with E-state index in [1.54, 1.807) is 0 Å². The molecule has 1 aliphatic rings. The number of carbonyl (C=O) groups is 1. The van der Waals surface area contributed by atoms with Gasteiger partial charge in [-0.25, -0.2) is 0 Å². The largest absolute Gasteiger partial charge is 0.305 e. The summed E-state index contributed by atoms with van der Waals surface area (Å²) >= 11 is 1.49. The van der Waals surface area contributed by atoms with E-state index in [1.807, 2.05) is 20.8 Å². The Balaban J connectivity index is 2.47. The van der Waals surface area contributed by atoms with Crippen molar-refractivity contribution in [1.29, 1.82) is 0 Å². The van der Waals surface area contributed by atoms with E-state index in [-0.39, 0.29) is 11.2 Å². The van der Waals surface area contributed by atoms with Crippen LogP contribution in [0.15, 0.2) is 5.10 Å². The number of amidine groups is 1. The Morgan fingerprint density at radius 2 is 2.38 bits per heavy atom. The molecular formula is C8H15N3OS. The molecule has 0 aromatic rings. The number of amides is 1. The van der Waals surface area contributed by atoms with Gasteiger partial charge in [0, 0.05) is 6.04 Å². The van der Waals surface area contributed by atoms with Crippen LogP contribution in [0.4, 0.5) is 0 Å². The first-order valence-corrected chi connectivity index (χ1v) is 5.32. The highest BCUT2D eigenvalue weighted by Gasteiger charge is 2.28. The number of nitrogens with zero attached hydrogens (tertiary/aromatic N) is 1. The van der Waals surface area contributed by atoms with Crippen molar-refractivity contribution < 1.29 is 4.79 Å². The van der Waals surface area contributed by atoms with Gasteiger partial charge >= 0.3 is 0 Å². The summed E-state index contributed by atoms with van der Waals surface area (Å²) in [6, 6.07) is 0.297. The van der Waals surface area contributed by atoms with Crippen LogP contribution in [-0.4, -0.2) is 22.4 Å². The molecule has 1 saturated heterocycles. The topological polar surface area (TPSA) is 53.5 Å². The number of carbonyl (C=O) groups excluding carboxylic acids is 1. The monoisotopic (exact) mass is 201 g/mol. The predicted molar refractivity (Wildman–Crippen MR) is 55.5 cm³/mol. The summed E-state index contributed by atoms with van der Waals surface area (Å²) < 4.78 is 0. The maximum absolute atomic E-state index is 11.2. The number of hydrazone groups is 1. The van der Waals surface area contributed by atoms with Crippen LogP contribution in [0.5, 0.6) is 0 Å². The molecule has 1 unspecified atom stereocenters. The summed E-state index contributed by atoms with van der Waals surface area (Å²) in [5.41, 5.74) is 2.91. The number of nitrogens with one attached hydrogen (secondary N) is 2. The predicted octanol–water partition coefficient (Wildman–Crippen LogP) is 0.897. The van der Waals surface area contributed by atoms with E-state index < -0.39 is 0 Å². The fourth-order valence-corrected chi connectivity index (χ4v) is 1.78. The lowest BCUT2D eigenvalue weighted by Gasteiger charge is -2.03. The van der Waals surface area contributed by atoms with Gasteiger partial charge in [0.2, 0.25) is 5.91 Å². The molecule has 13 heavy (non-hydrogen) atoms. The highest BCUT2D eigenvalue weighted by Crippen LogP contribution is 2.21. The van der Waals surface area contributed by atoms with Gasteiger partial charge in [0.1, 0.15) is 0 Å². The number of rotatable bonds is 3. The molecule has 0 saturated carbocycles. The summed E-state index contributed by atoms with van der Waals surface area (Å²) in [7, 11) is 0. The minimum atomic E-state index is 0.0349. The van der Waals surface area contributed by atoms with Crippen LogP contribution in [0, 0.1) is 0 Å². The smallest absolute Gasteiger partial charge is 0.239 e. The van der Waals surface area contributed by atoms with Gasteiger partial charge in [-0.3, -0.25) is 4.79 Å². The summed E-state index contributed by atoms with van der Waals surface area (Å²) in [5.74, 6) is 0.0665. The van der Waals surface area contributed by atoms with Gasteiger partial charge in [0.15, 0.2) is 5.17 Å². The zero-order chi connectivity index (χ0) is 9.84. The molecular weight excluding hydrogens is 186 g/mol. The molecule has 0 aromatic carbocycles. The maximum Gasteiger partial charge on any atom is 0.239 e. The van der Waals surface area contributed by atoms with Crippen LogP contribution >= 0.6 is 11.8 Å². The molecule has 5 heteroatoms. The molecule has 0 bridgehead atoms. The van der Waals surface area contributed by atoms with Crippen LogP contribution in [0.25, 0.3) is 0 Å². The zero-order valence-electron chi connectivity index (χ0n) is 8.13. The van der Waals surface area contributed by atoms with Gasteiger partial charge in [-0.15, -0.1) is 0 Å². The molecule has 0 aromatic heterocycles. The Labute approximate surface area is 82.5 Å². The van der Waals surface area contributed by atoms with Gasteiger partial charge in [0.05, 0.1) is 5.25 Å². The van der Waals surface area contributed by atoms with Crippen LogP contribution in [0.1, 0.15) is 27.2 Å². The molecule has 1 atom stereocenters. The minimum Gasteiger partial charge on any atom is -0.305 e. The van der Waals surface area contributed by atoms with E-state index in [1.165, 1.54) is 11.8 Å². The average molecular weight is 201 g/mol. The first kappa shape index (κ1) is 10.4. The van der Waals surface area contributed by atoms with Gasteiger partial charge in [-0.2, -0.15) is 5.10 Å². The van der Waals surface area contributed by atoms with Crippen molar-refractivity contribution in [2.45, 2.75) is 38.5 Å². The third kappa shape index (κ3) is 2.91. The third-order valence-corrected chi connectivity index (χ3v) is 2.82. The summed E-state index contributed by atoms with van der Waals surface area (Å²) in [6.07, 6.45) is 0.844. The first-order valence-electron chi connectivity index (χ1n) is 4.44. The lowest BCUT2D eigenvalue weighted by atomic mass is 10.3. The number of hydrogen-bond donors (Lipinski definition) is 2. The molecule has 0 spiro atoms. The lowest BCUT2D eigenvalue weighted by Crippen LogP contribution is -2.27. The minimum absolute atomic E-state index is 0.0349. The molecule has 4 nitrogen and oxygen atoms in total.